The molecule has 2 aromatic carbocycles. The van der Waals surface area contributed by atoms with Gasteiger partial charge in [0, 0.05) is 4.47 Å². The molecule has 0 bridgehead atoms. The van der Waals surface area contributed by atoms with E-state index in [0.717, 1.165) is 5.56 Å². The van der Waals surface area contributed by atoms with E-state index in [-0.39, 0.29) is 17.2 Å². The molecule has 0 aliphatic heterocycles. The third kappa shape index (κ3) is 4.56. The number of hydrogen-bond acceptors (Lipinski definition) is 4. The van der Waals surface area contributed by atoms with Gasteiger partial charge in [-0.2, -0.15) is 0 Å². The number of methoxy groups -OCH3 is 1. The van der Waals surface area contributed by atoms with Gasteiger partial charge in [-0.15, -0.1) is 0 Å². The van der Waals surface area contributed by atoms with Crippen molar-refractivity contribution in [3.05, 3.63) is 52.5 Å². The van der Waals surface area contributed by atoms with Crippen molar-refractivity contribution >= 4 is 37.5 Å². The Labute approximate surface area is 149 Å². The molecule has 0 spiro atoms. The van der Waals surface area contributed by atoms with Gasteiger partial charge in [0.2, 0.25) is 15.9 Å². The number of carbonyl (C=O) groups excluding carboxylic acids is 1. The summed E-state index contributed by atoms with van der Waals surface area (Å²) in [6.07, 6.45) is 0. The van der Waals surface area contributed by atoms with Crippen molar-refractivity contribution in [1.82, 2.24) is 4.72 Å². The second kappa shape index (κ2) is 7.78. The molecule has 0 aromatic heterocycles. The molecule has 2 rings (SSSR count). The summed E-state index contributed by atoms with van der Waals surface area (Å²) in [4.78, 5) is 12.0. The molecule has 0 aliphatic rings. The monoisotopic (exact) mass is 412 g/mol. The van der Waals surface area contributed by atoms with Gasteiger partial charge in [0.25, 0.3) is 0 Å². The van der Waals surface area contributed by atoms with E-state index in [1.54, 1.807) is 37.3 Å². The number of rotatable bonds is 6. The van der Waals surface area contributed by atoms with Gasteiger partial charge in [-0.1, -0.05) is 18.2 Å². The highest BCUT2D eigenvalue weighted by Crippen LogP contribution is 2.24. The average molecular weight is 413 g/mol. The number of hydrogen-bond donors (Lipinski definition) is 2. The number of halogens is 1. The molecule has 0 heterocycles. The lowest BCUT2D eigenvalue weighted by Crippen LogP contribution is -2.33. The van der Waals surface area contributed by atoms with Crippen LogP contribution in [0.4, 0.5) is 5.69 Å². The first-order valence-corrected chi connectivity index (χ1v) is 9.30. The quantitative estimate of drug-likeness (QED) is 0.763. The summed E-state index contributed by atoms with van der Waals surface area (Å²) in [5, 5.41) is 2.63. The highest BCUT2D eigenvalue weighted by molar-refractivity contribution is 9.10. The summed E-state index contributed by atoms with van der Waals surface area (Å²) in [6.45, 7) is 1.39. The van der Waals surface area contributed by atoms with E-state index >= 15 is 0 Å². The first kappa shape index (κ1) is 18.4. The lowest BCUT2D eigenvalue weighted by molar-refractivity contribution is -0.115. The molecule has 0 saturated heterocycles. The average Bonchev–Trinajstić information content (AvgIpc) is 2.55. The number of para-hydroxylation sites is 1. The highest BCUT2D eigenvalue weighted by atomic mass is 79.9. The van der Waals surface area contributed by atoms with E-state index in [2.05, 4.69) is 26.0 Å². The molecule has 6 nitrogen and oxygen atoms in total. The topological polar surface area (TPSA) is 84.5 Å². The first-order chi connectivity index (χ1) is 11.3. The summed E-state index contributed by atoms with van der Waals surface area (Å²) in [5.41, 5.74) is 1.34. The van der Waals surface area contributed by atoms with Crippen molar-refractivity contribution in [2.24, 2.45) is 0 Å². The van der Waals surface area contributed by atoms with E-state index in [4.69, 9.17) is 4.74 Å². The van der Waals surface area contributed by atoms with Crippen LogP contribution in [0.3, 0.4) is 0 Å². The molecule has 0 saturated carbocycles. The van der Waals surface area contributed by atoms with Gasteiger partial charge in [0.1, 0.15) is 10.6 Å². The number of nitrogens with one attached hydrogen (secondary N) is 2. The van der Waals surface area contributed by atoms with Crippen molar-refractivity contribution in [1.29, 1.82) is 0 Å². The van der Waals surface area contributed by atoms with Crippen LogP contribution in [-0.4, -0.2) is 28.0 Å². The van der Waals surface area contributed by atoms with Crippen LogP contribution in [0.2, 0.25) is 0 Å². The molecule has 2 aromatic rings. The third-order valence-electron chi connectivity index (χ3n) is 3.18. The van der Waals surface area contributed by atoms with Gasteiger partial charge in [-0.3, -0.25) is 4.79 Å². The van der Waals surface area contributed by atoms with Crippen LogP contribution >= 0.6 is 15.9 Å². The molecular formula is C16H17BrN2O4S. The first-order valence-electron chi connectivity index (χ1n) is 7.02. The maximum absolute atomic E-state index is 12.4. The van der Waals surface area contributed by atoms with Gasteiger partial charge in [0.05, 0.1) is 19.3 Å². The van der Waals surface area contributed by atoms with Crippen molar-refractivity contribution in [3.63, 3.8) is 0 Å². The van der Waals surface area contributed by atoms with E-state index in [1.807, 2.05) is 6.07 Å². The number of sulfonamides is 1. The Morgan fingerprint density at radius 1 is 1.21 bits per heavy atom. The SMILES string of the molecule is COc1ccc(C)cc1S(=O)(=O)NCC(=O)Nc1ccccc1Br. The number of ether oxygens (including phenoxy) is 1. The standard InChI is InChI=1S/C16H17BrN2O4S/c1-11-7-8-14(23-2)15(9-11)24(21,22)18-10-16(20)19-13-6-4-3-5-12(13)17/h3-9,18H,10H2,1-2H3,(H,19,20). The number of aryl methyl sites for hydroxylation is 1. The fourth-order valence-electron chi connectivity index (χ4n) is 1.99. The smallest absolute Gasteiger partial charge is 0.244 e. The van der Waals surface area contributed by atoms with Crippen molar-refractivity contribution < 1.29 is 17.9 Å². The summed E-state index contributed by atoms with van der Waals surface area (Å²) >= 11 is 3.31. The normalized spacial score (nSPS) is 11.1. The van der Waals surface area contributed by atoms with E-state index in [0.29, 0.717) is 10.2 Å². The second-order valence-corrected chi connectivity index (χ2v) is 7.60. The van der Waals surface area contributed by atoms with Gasteiger partial charge < -0.3 is 10.1 Å². The van der Waals surface area contributed by atoms with Crippen molar-refractivity contribution in [3.8, 4) is 5.75 Å². The predicted octanol–water partition coefficient (Wildman–Crippen LogP) is 2.68. The molecular weight excluding hydrogens is 396 g/mol. The summed E-state index contributed by atoms with van der Waals surface area (Å²) in [7, 11) is -2.48. The number of amides is 1. The number of carbonyl (C=O) groups is 1. The van der Waals surface area contributed by atoms with Crippen LogP contribution in [0.25, 0.3) is 0 Å². The Kier molecular flexibility index (Phi) is 5.98. The lowest BCUT2D eigenvalue weighted by atomic mass is 10.2. The molecule has 0 fully saturated rings. The Bertz CT molecular complexity index is 853. The van der Waals surface area contributed by atoms with Crippen LogP contribution in [0.5, 0.6) is 5.75 Å². The highest BCUT2D eigenvalue weighted by Gasteiger charge is 2.20. The van der Waals surface area contributed by atoms with Crippen LogP contribution in [0.1, 0.15) is 5.56 Å². The zero-order chi connectivity index (χ0) is 17.7. The molecule has 1 amide bonds. The Hall–Kier alpha value is -1.90. The minimum Gasteiger partial charge on any atom is -0.495 e. The van der Waals surface area contributed by atoms with E-state index < -0.39 is 15.9 Å². The number of anilines is 1. The number of benzene rings is 2. The largest absolute Gasteiger partial charge is 0.495 e. The van der Waals surface area contributed by atoms with E-state index in [9.17, 15) is 13.2 Å². The molecule has 0 unspecified atom stereocenters. The van der Waals surface area contributed by atoms with Crippen LogP contribution in [0, 0.1) is 6.92 Å². The predicted molar refractivity (Wildman–Crippen MR) is 95.7 cm³/mol. The molecule has 24 heavy (non-hydrogen) atoms. The molecule has 0 atom stereocenters. The Morgan fingerprint density at radius 2 is 1.92 bits per heavy atom. The molecule has 2 N–H and O–H groups in total. The maximum Gasteiger partial charge on any atom is 0.244 e. The second-order valence-electron chi connectivity index (χ2n) is 5.01. The Balaban J connectivity index is 2.09. The molecule has 8 heteroatoms. The van der Waals surface area contributed by atoms with Crippen LogP contribution < -0.4 is 14.8 Å². The fraction of sp³-hybridized carbons (Fsp3) is 0.188. The molecule has 128 valence electrons. The molecule has 0 aliphatic carbocycles. The van der Waals surface area contributed by atoms with Gasteiger partial charge in [-0.25, -0.2) is 13.1 Å². The summed E-state index contributed by atoms with van der Waals surface area (Å²) in [6, 6.07) is 11.9. The van der Waals surface area contributed by atoms with Gasteiger partial charge >= 0.3 is 0 Å². The van der Waals surface area contributed by atoms with Crippen molar-refractivity contribution in [2.75, 3.05) is 19.0 Å². The zero-order valence-corrected chi connectivity index (χ0v) is 15.6. The van der Waals surface area contributed by atoms with E-state index in [1.165, 1.54) is 13.2 Å². The lowest BCUT2D eigenvalue weighted by Gasteiger charge is -2.12. The zero-order valence-electron chi connectivity index (χ0n) is 13.2. The van der Waals surface area contributed by atoms with Gasteiger partial charge in [-0.05, 0) is 52.7 Å². The fourth-order valence-corrected chi connectivity index (χ4v) is 3.61. The third-order valence-corrected chi connectivity index (χ3v) is 5.29. The minimum absolute atomic E-state index is 0.00121. The Morgan fingerprint density at radius 3 is 2.58 bits per heavy atom. The minimum atomic E-state index is -3.87. The van der Waals surface area contributed by atoms with Gasteiger partial charge in [0.15, 0.2) is 0 Å². The van der Waals surface area contributed by atoms with Crippen molar-refractivity contribution in [2.45, 2.75) is 11.8 Å². The summed E-state index contributed by atoms with van der Waals surface area (Å²) < 4.78 is 32.9. The van der Waals surface area contributed by atoms with Crippen LogP contribution in [-0.2, 0) is 14.8 Å². The summed E-state index contributed by atoms with van der Waals surface area (Å²) in [5.74, 6) is -0.253. The molecule has 0 radical (unpaired) electrons. The maximum atomic E-state index is 12.4. The van der Waals surface area contributed by atoms with Crippen LogP contribution in [0.15, 0.2) is 51.8 Å².